The van der Waals surface area contributed by atoms with Gasteiger partial charge in [-0.25, -0.2) is 8.78 Å². The molecule has 0 atom stereocenters. The Morgan fingerprint density at radius 1 is 0.600 bits per heavy atom. The summed E-state index contributed by atoms with van der Waals surface area (Å²) in [6.45, 7) is 0. The van der Waals surface area contributed by atoms with E-state index in [1.165, 1.54) is 0 Å². The molecule has 0 nitrogen and oxygen atoms in total. The molecule has 3 aromatic rings. The van der Waals surface area contributed by atoms with Crippen LogP contribution in [-0.4, -0.2) is 0 Å². The van der Waals surface area contributed by atoms with Crippen molar-refractivity contribution >= 4 is 85.3 Å². The monoisotopic (exact) mass is 526 g/mol. The van der Waals surface area contributed by atoms with Gasteiger partial charge in [-0.15, -0.1) is 0 Å². The van der Waals surface area contributed by atoms with Crippen molar-refractivity contribution in [2.24, 2.45) is 0 Å². The molecule has 0 aliphatic rings. The highest BCUT2D eigenvalue weighted by Gasteiger charge is 2.15. The van der Waals surface area contributed by atoms with Crippen molar-refractivity contribution in [1.82, 2.24) is 0 Å². The molecule has 6 heteroatoms. The lowest BCUT2D eigenvalue weighted by atomic mass is 10.0. The molecule has 0 radical (unpaired) electrons. The molecule has 0 amide bonds. The molecule has 3 aromatic carbocycles. The van der Waals surface area contributed by atoms with E-state index in [2.05, 4.69) is 63.7 Å². The summed E-state index contributed by atoms with van der Waals surface area (Å²) in [6, 6.07) is 6.95. The lowest BCUT2D eigenvalue weighted by Crippen LogP contribution is -1.88. The van der Waals surface area contributed by atoms with Gasteiger partial charge < -0.3 is 0 Å². The Bertz CT molecular complexity index is 802. The van der Waals surface area contributed by atoms with Crippen LogP contribution < -0.4 is 0 Å². The van der Waals surface area contributed by atoms with Gasteiger partial charge in [-0.3, -0.25) is 0 Å². The normalized spacial score (nSPS) is 11.5. The molecule has 0 N–H and O–H groups in total. The Kier molecular flexibility index (Phi) is 3.95. The average molecular weight is 530 g/mol. The highest BCUT2D eigenvalue weighted by Crippen LogP contribution is 2.40. The predicted octanol–water partition coefficient (Wildman–Crippen LogP) is 7.32. The Balaban J connectivity index is 2.60. The van der Waals surface area contributed by atoms with E-state index in [-0.39, 0.29) is 11.6 Å². The fourth-order valence-corrected chi connectivity index (χ4v) is 4.66. The molecule has 3 rings (SSSR count). The Morgan fingerprint density at radius 3 is 1.30 bits per heavy atom. The zero-order valence-corrected chi connectivity index (χ0v) is 15.9. The van der Waals surface area contributed by atoms with Crippen LogP contribution in [0.5, 0.6) is 0 Å². The van der Waals surface area contributed by atoms with E-state index in [9.17, 15) is 8.78 Å². The van der Waals surface area contributed by atoms with Crippen LogP contribution in [0.25, 0.3) is 21.5 Å². The lowest BCUT2D eigenvalue weighted by Gasteiger charge is -2.10. The number of rotatable bonds is 0. The second-order valence-corrected chi connectivity index (χ2v) is 7.52. The summed E-state index contributed by atoms with van der Waals surface area (Å²) in [6.07, 6.45) is 0. The van der Waals surface area contributed by atoms with Gasteiger partial charge in [-0.2, -0.15) is 0 Å². The quantitative estimate of drug-likeness (QED) is 0.211. The molecule has 20 heavy (non-hydrogen) atoms. The predicted molar refractivity (Wildman–Crippen MR) is 92.2 cm³/mol. The molecule has 0 saturated heterocycles. The van der Waals surface area contributed by atoms with Gasteiger partial charge in [0.25, 0.3) is 0 Å². The standard InChI is InChI=1S/C14H4Br4F2/c15-9-3-7-5(11(17)13(9)19)1-2-6-8(7)4-10(16)14(20)12(6)18/h1-4H. The van der Waals surface area contributed by atoms with Crippen molar-refractivity contribution in [3.05, 3.63) is 53.8 Å². The van der Waals surface area contributed by atoms with Crippen LogP contribution in [0.4, 0.5) is 8.78 Å². The van der Waals surface area contributed by atoms with E-state index in [0.717, 1.165) is 21.5 Å². The molecule has 0 saturated carbocycles. The summed E-state index contributed by atoms with van der Waals surface area (Å²) in [7, 11) is 0. The molecule has 0 heterocycles. The third kappa shape index (κ3) is 2.16. The maximum Gasteiger partial charge on any atom is 0.152 e. The van der Waals surface area contributed by atoms with Crippen molar-refractivity contribution in [2.45, 2.75) is 0 Å². The minimum Gasteiger partial charge on any atom is -0.204 e. The second-order valence-electron chi connectivity index (χ2n) is 4.23. The van der Waals surface area contributed by atoms with E-state index in [1.807, 2.05) is 0 Å². The van der Waals surface area contributed by atoms with Crippen molar-refractivity contribution < 1.29 is 8.78 Å². The van der Waals surface area contributed by atoms with Gasteiger partial charge in [0, 0.05) is 0 Å². The lowest BCUT2D eigenvalue weighted by molar-refractivity contribution is 0.616. The van der Waals surface area contributed by atoms with Crippen molar-refractivity contribution in [3.8, 4) is 0 Å². The van der Waals surface area contributed by atoms with Crippen molar-refractivity contribution in [1.29, 1.82) is 0 Å². The average Bonchev–Trinajstić information content (AvgIpc) is 2.42. The third-order valence-electron chi connectivity index (χ3n) is 3.11. The van der Waals surface area contributed by atoms with Crippen LogP contribution in [0, 0.1) is 11.6 Å². The minimum absolute atomic E-state index is 0.350. The van der Waals surface area contributed by atoms with E-state index in [0.29, 0.717) is 17.9 Å². The summed E-state index contributed by atoms with van der Waals surface area (Å²) >= 11 is 12.9. The number of hydrogen-bond donors (Lipinski definition) is 0. The van der Waals surface area contributed by atoms with Crippen LogP contribution in [0.3, 0.4) is 0 Å². The molecule has 0 spiro atoms. The summed E-state index contributed by atoms with van der Waals surface area (Å²) in [5, 5.41) is 3.15. The smallest absolute Gasteiger partial charge is 0.152 e. The fraction of sp³-hybridized carbons (Fsp3) is 0. The zero-order valence-electron chi connectivity index (χ0n) is 9.58. The second kappa shape index (κ2) is 5.30. The summed E-state index contributed by atoms with van der Waals surface area (Å²) in [5.74, 6) is -0.700. The first-order chi connectivity index (χ1) is 9.41. The third-order valence-corrected chi connectivity index (χ3v) is 5.81. The topological polar surface area (TPSA) is 0 Å². The van der Waals surface area contributed by atoms with Gasteiger partial charge in [0.05, 0.1) is 17.9 Å². The van der Waals surface area contributed by atoms with Crippen molar-refractivity contribution in [3.63, 3.8) is 0 Å². The summed E-state index contributed by atoms with van der Waals surface area (Å²) in [5.41, 5.74) is 0. The van der Waals surface area contributed by atoms with Gasteiger partial charge in [0.15, 0.2) is 11.6 Å². The van der Waals surface area contributed by atoms with Crippen LogP contribution in [0.15, 0.2) is 42.2 Å². The van der Waals surface area contributed by atoms with E-state index >= 15 is 0 Å². The van der Waals surface area contributed by atoms with Crippen LogP contribution >= 0.6 is 63.7 Å². The number of fused-ring (bicyclic) bond motifs is 3. The molecule has 0 aliphatic carbocycles. The summed E-state index contributed by atoms with van der Waals surface area (Å²) < 4.78 is 29.3. The van der Waals surface area contributed by atoms with Crippen LogP contribution in [0.1, 0.15) is 0 Å². The Labute approximate surface area is 147 Å². The van der Waals surface area contributed by atoms with E-state index < -0.39 is 0 Å². The molecule has 0 unspecified atom stereocenters. The molecule has 0 aliphatic heterocycles. The first-order valence-electron chi connectivity index (χ1n) is 5.45. The minimum atomic E-state index is -0.350. The van der Waals surface area contributed by atoms with Crippen molar-refractivity contribution in [2.75, 3.05) is 0 Å². The summed E-state index contributed by atoms with van der Waals surface area (Å²) in [4.78, 5) is 0. The fourth-order valence-electron chi connectivity index (χ4n) is 2.16. The molecular weight excluding hydrogens is 526 g/mol. The van der Waals surface area contributed by atoms with Gasteiger partial charge >= 0.3 is 0 Å². The molecule has 0 aromatic heterocycles. The molecule has 102 valence electrons. The maximum atomic E-state index is 13.9. The van der Waals surface area contributed by atoms with Gasteiger partial charge in [0.1, 0.15) is 0 Å². The largest absolute Gasteiger partial charge is 0.204 e. The maximum absolute atomic E-state index is 13.9. The van der Waals surface area contributed by atoms with Crippen LogP contribution in [-0.2, 0) is 0 Å². The van der Waals surface area contributed by atoms with Gasteiger partial charge in [-0.1, -0.05) is 12.1 Å². The Hall–Kier alpha value is -0.0400. The SMILES string of the molecule is Fc1c(Br)cc2c(ccc3c(Br)c(F)c(Br)cc32)c1Br. The highest BCUT2D eigenvalue weighted by molar-refractivity contribution is 9.11. The molecule has 0 fully saturated rings. The van der Waals surface area contributed by atoms with E-state index in [4.69, 9.17) is 0 Å². The first-order valence-corrected chi connectivity index (χ1v) is 8.62. The molecular formula is C14H4Br4F2. The number of benzene rings is 3. The molecule has 0 bridgehead atoms. The zero-order chi connectivity index (χ0) is 14.6. The number of hydrogen-bond acceptors (Lipinski definition) is 0. The Morgan fingerprint density at radius 2 is 0.950 bits per heavy atom. The number of halogens is 6. The van der Waals surface area contributed by atoms with Gasteiger partial charge in [-0.05, 0) is 97.4 Å². The van der Waals surface area contributed by atoms with Gasteiger partial charge in [0.2, 0.25) is 0 Å². The first kappa shape index (κ1) is 14.9. The van der Waals surface area contributed by atoms with E-state index in [1.54, 1.807) is 24.3 Å². The van der Waals surface area contributed by atoms with Crippen LogP contribution in [0.2, 0.25) is 0 Å². The highest BCUT2D eigenvalue weighted by atomic mass is 79.9.